The van der Waals surface area contributed by atoms with Gasteiger partial charge in [0.05, 0.1) is 5.52 Å². The number of carbonyl (C=O) groups excluding carboxylic acids is 2. The van der Waals surface area contributed by atoms with Crippen LogP contribution < -0.4 is 10.6 Å². The summed E-state index contributed by atoms with van der Waals surface area (Å²) >= 11 is 0. The molecule has 3 heterocycles. The Morgan fingerprint density at radius 3 is 2.69 bits per heavy atom. The van der Waals surface area contributed by atoms with E-state index in [4.69, 9.17) is 5.26 Å². The van der Waals surface area contributed by atoms with Crippen molar-refractivity contribution in [3.8, 4) is 6.07 Å². The maximum atomic E-state index is 12.6. The second-order valence-electron chi connectivity index (χ2n) is 7.73. The molecule has 4 rings (SSSR count). The third kappa shape index (κ3) is 4.98. The topological polar surface area (TPSA) is 124 Å². The number of piperidine rings is 1. The van der Waals surface area contributed by atoms with E-state index in [1.165, 1.54) is 6.33 Å². The predicted octanol–water partition coefficient (Wildman–Crippen LogP) is 2.25. The van der Waals surface area contributed by atoms with Gasteiger partial charge in [0.2, 0.25) is 5.91 Å². The fourth-order valence-corrected chi connectivity index (χ4v) is 3.72. The minimum Gasteiger partial charge on any atom is -0.367 e. The quantitative estimate of drug-likeness (QED) is 0.637. The smallest absolute Gasteiger partial charge is 0.270 e. The van der Waals surface area contributed by atoms with Crippen LogP contribution in [0.2, 0.25) is 0 Å². The predicted molar refractivity (Wildman–Crippen MR) is 119 cm³/mol. The van der Waals surface area contributed by atoms with Gasteiger partial charge >= 0.3 is 0 Å². The van der Waals surface area contributed by atoms with E-state index in [1.807, 2.05) is 35.2 Å². The number of fused-ring (bicyclic) bond motifs is 1. The first-order valence-electron chi connectivity index (χ1n) is 10.4. The van der Waals surface area contributed by atoms with Crippen LogP contribution in [-0.2, 0) is 11.3 Å². The van der Waals surface area contributed by atoms with E-state index in [9.17, 15) is 9.59 Å². The van der Waals surface area contributed by atoms with Crippen LogP contribution in [0.15, 0.2) is 42.7 Å². The molecular formula is C23H23N7O2. The number of pyridine rings is 1. The molecule has 0 spiro atoms. The van der Waals surface area contributed by atoms with Crippen molar-refractivity contribution < 1.29 is 9.59 Å². The van der Waals surface area contributed by atoms with E-state index in [0.29, 0.717) is 36.7 Å². The first-order valence-corrected chi connectivity index (χ1v) is 10.4. The average molecular weight is 429 g/mol. The number of likely N-dealkylation sites (tertiary alicyclic amines) is 1. The number of carbonyl (C=O) groups is 2. The summed E-state index contributed by atoms with van der Waals surface area (Å²) < 4.78 is 0. The first-order chi connectivity index (χ1) is 15.5. The zero-order chi connectivity index (χ0) is 22.5. The van der Waals surface area contributed by atoms with Crippen LogP contribution >= 0.6 is 0 Å². The molecule has 1 aliphatic rings. The van der Waals surface area contributed by atoms with Gasteiger partial charge in [-0.3, -0.25) is 9.59 Å². The van der Waals surface area contributed by atoms with Crippen molar-refractivity contribution in [3.05, 3.63) is 59.7 Å². The highest BCUT2D eigenvalue weighted by Gasteiger charge is 2.21. The Labute approximate surface area is 185 Å². The van der Waals surface area contributed by atoms with E-state index in [2.05, 4.69) is 25.6 Å². The van der Waals surface area contributed by atoms with Crippen molar-refractivity contribution in [1.29, 1.82) is 5.26 Å². The van der Waals surface area contributed by atoms with Gasteiger partial charge in [-0.1, -0.05) is 12.1 Å². The molecular weight excluding hydrogens is 406 g/mol. The molecule has 2 amide bonds. The van der Waals surface area contributed by atoms with Gasteiger partial charge in [0.25, 0.3) is 5.91 Å². The Balaban J connectivity index is 1.36. The van der Waals surface area contributed by atoms with Crippen molar-refractivity contribution >= 4 is 28.5 Å². The van der Waals surface area contributed by atoms with Crippen molar-refractivity contribution in [3.63, 3.8) is 0 Å². The molecule has 0 bridgehead atoms. The number of nitrogens with one attached hydrogen (secondary N) is 2. The number of hydrogen-bond acceptors (Lipinski definition) is 7. The summed E-state index contributed by atoms with van der Waals surface area (Å²) in [7, 11) is 0. The summed E-state index contributed by atoms with van der Waals surface area (Å²) in [6.45, 7) is 3.31. The van der Waals surface area contributed by atoms with E-state index in [1.54, 1.807) is 19.1 Å². The lowest BCUT2D eigenvalue weighted by atomic mass is 10.1. The number of benzene rings is 1. The lowest BCUT2D eigenvalue weighted by Crippen LogP contribution is -2.41. The number of anilines is 1. The highest BCUT2D eigenvalue weighted by atomic mass is 16.2. The van der Waals surface area contributed by atoms with Crippen molar-refractivity contribution in [1.82, 2.24) is 25.2 Å². The maximum Gasteiger partial charge on any atom is 0.270 e. The summed E-state index contributed by atoms with van der Waals surface area (Å²) in [6, 6.07) is 13.1. The van der Waals surface area contributed by atoms with Crippen molar-refractivity contribution in [2.45, 2.75) is 32.4 Å². The van der Waals surface area contributed by atoms with Crippen LogP contribution in [0.5, 0.6) is 0 Å². The highest BCUT2D eigenvalue weighted by Crippen LogP contribution is 2.17. The Morgan fingerprint density at radius 1 is 1.16 bits per heavy atom. The number of amides is 2. The summed E-state index contributed by atoms with van der Waals surface area (Å²) in [5, 5.41) is 16.2. The van der Waals surface area contributed by atoms with Gasteiger partial charge in [-0.25, -0.2) is 15.0 Å². The average Bonchev–Trinajstić information content (AvgIpc) is 2.82. The van der Waals surface area contributed by atoms with Crippen LogP contribution in [-0.4, -0.2) is 50.8 Å². The maximum absolute atomic E-state index is 12.6. The van der Waals surface area contributed by atoms with Crippen molar-refractivity contribution in [2.24, 2.45) is 0 Å². The molecule has 0 atom stereocenters. The fraction of sp³-hybridized carbons (Fsp3) is 0.304. The molecule has 2 aromatic heterocycles. The summed E-state index contributed by atoms with van der Waals surface area (Å²) in [6.07, 6.45) is 3.02. The van der Waals surface area contributed by atoms with Crippen LogP contribution in [0.25, 0.3) is 10.9 Å². The lowest BCUT2D eigenvalue weighted by molar-refractivity contribution is -0.129. The van der Waals surface area contributed by atoms with Crippen LogP contribution in [0.4, 0.5) is 5.82 Å². The number of aromatic nitrogens is 3. The standard InChI is InChI=1S/C23H23N7O2/c1-15(31)30-8-6-18(7-9-30)29-22-11-21(26-14-27-22)23(32)25-13-16-2-3-17-4-5-19(12-24)28-20(17)10-16/h2-5,10-11,14,18H,6-9,13H2,1H3,(H,25,32)(H,26,27,29). The summed E-state index contributed by atoms with van der Waals surface area (Å²) in [5.41, 5.74) is 2.21. The molecule has 1 aliphatic heterocycles. The van der Waals surface area contributed by atoms with Gasteiger partial charge in [0.1, 0.15) is 29.6 Å². The van der Waals surface area contributed by atoms with E-state index < -0.39 is 0 Å². The van der Waals surface area contributed by atoms with Crippen LogP contribution in [0.3, 0.4) is 0 Å². The second kappa shape index (κ2) is 9.39. The SMILES string of the molecule is CC(=O)N1CCC(Nc2cc(C(=O)NCc3ccc4ccc(C#N)nc4c3)ncn2)CC1. The van der Waals surface area contributed by atoms with Gasteiger partial charge < -0.3 is 15.5 Å². The zero-order valence-electron chi connectivity index (χ0n) is 17.7. The number of rotatable bonds is 5. The van der Waals surface area contributed by atoms with Gasteiger partial charge in [-0.05, 0) is 36.6 Å². The molecule has 2 N–H and O–H groups in total. The van der Waals surface area contributed by atoms with E-state index in [-0.39, 0.29) is 23.6 Å². The highest BCUT2D eigenvalue weighted by molar-refractivity contribution is 5.92. The lowest BCUT2D eigenvalue weighted by Gasteiger charge is -2.31. The largest absolute Gasteiger partial charge is 0.367 e. The van der Waals surface area contributed by atoms with E-state index >= 15 is 0 Å². The summed E-state index contributed by atoms with van der Waals surface area (Å²) in [4.78, 5) is 38.5. The molecule has 0 aliphatic carbocycles. The Bertz CT molecular complexity index is 1200. The normalized spacial score (nSPS) is 14.1. The van der Waals surface area contributed by atoms with E-state index in [0.717, 1.165) is 23.8 Å². The van der Waals surface area contributed by atoms with Crippen LogP contribution in [0, 0.1) is 11.3 Å². The molecule has 0 unspecified atom stereocenters. The van der Waals surface area contributed by atoms with Gasteiger partial charge in [-0.15, -0.1) is 0 Å². The zero-order valence-corrected chi connectivity index (χ0v) is 17.7. The molecule has 3 aromatic rings. The third-order valence-electron chi connectivity index (χ3n) is 5.52. The molecule has 162 valence electrons. The van der Waals surface area contributed by atoms with Crippen LogP contribution in [0.1, 0.15) is 41.5 Å². The minimum absolute atomic E-state index is 0.0946. The molecule has 32 heavy (non-hydrogen) atoms. The Morgan fingerprint density at radius 2 is 1.94 bits per heavy atom. The summed E-state index contributed by atoms with van der Waals surface area (Å²) in [5.74, 6) is 0.378. The molecule has 1 fully saturated rings. The fourth-order valence-electron chi connectivity index (χ4n) is 3.72. The second-order valence-corrected chi connectivity index (χ2v) is 7.73. The molecule has 0 radical (unpaired) electrons. The molecule has 1 aromatic carbocycles. The Kier molecular flexibility index (Phi) is 6.22. The minimum atomic E-state index is -0.305. The monoisotopic (exact) mass is 429 g/mol. The number of nitriles is 1. The molecule has 9 heteroatoms. The van der Waals surface area contributed by atoms with Gasteiger partial charge in [0.15, 0.2) is 0 Å². The first kappa shape index (κ1) is 21.2. The Hall–Kier alpha value is -4.06. The molecule has 9 nitrogen and oxygen atoms in total. The van der Waals surface area contributed by atoms with Gasteiger partial charge in [-0.2, -0.15) is 5.26 Å². The number of hydrogen-bond donors (Lipinski definition) is 2. The third-order valence-corrected chi connectivity index (χ3v) is 5.52. The molecule has 1 saturated heterocycles. The van der Waals surface area contributed by atoms with Crippen molar-refractivity contribution in [2.75, 3.05) is 18.4 Å². The number of nitrogens with zero attached hydrogens (tertiary/aromatic N) is 5. The van der Waals surface area contributed by atoms with Gasteiger partial charge in [0, 0.05) is 44.1 Å². The molecule has 0 saturated carbocycles.